The molecule has 1 aliphatic heterocycles. The van der Waals surface area contributed by atoms with Crippen LogP contribution in [0.25, 0.3) is 11.1 Å². The summed E-state index contributed by atoms with van der Waals surface area (Å²) in [5.74, 6) is 1.28. The summed E-state index contributed by atoms with van der Waals surface area (Å²) in [5, 5.41) is 10.5. The molecule has 0 saturated carbocycles. The Morgan fingerprint density at radius 1 is 1.08 bits per heavy atom. The molecule has 1 saturated heterocycles. The maximum absolute atomic E-state index is 11.9. The summed E-state index contributed by atoms with van der Waals surface area (Å²) >= 11 is 0. The normalized spacial score (nSPS) is 13.7. The number of ether oxygens (including phenoxy) is 2. The van der Waals surface area contributed by atoms with Gasteiger partial charge in [0.05, 0.1) is 25.5 Å². The molecule has 1 aromatic heterocycles. The van der Waals surface area contributed by atoms with Crippen LogP contribution in [0.1, 0.15) is 24.0 Å². The summed E-state index contributed by atoms with van der Waals surface area (Å²) in [7, 11) is 0. The van der Waals surface area contributed by atoms with Gasteiger partial charge in [-0.05, 0) is 23.6 Å². The number of carbonyl (C=O) groups is 1. The molecule has 0 bridgehead atoms. The number of para-hydroxylation sites is 1. The molecule has 0 atom stereocenters. The van der Waals surface area contributed by atoms with Crippen LogP contribution in [-0.4, -0.2) is 65.9 Å². The summed E-state index contributed by atoms with van der Waals surface area (Å²) in [6, 6.07) is 16.0. The number of morpholine rings is 1. The second-order valence-corrected chi connectivity index (χ2v) is 9.00. The number of Topliss-reactive ketones (excluding diaryl/α,β-unsaturated/α-hetero) is 1. The molecule has 2 aromatic carbocycles. The molecule has 4 rings (SSSR count). The van der Waals surface area contributed by atoms with Gasteiger partial charge in [0.15, 0.2) is 0 Å². The zero-order chi connectivity index (χ0) is 25.9. The van der Waals surface area contributed by atoms with E-state index in [1.54, 1.807) is 12.4 Å². The number of ketones is 1. The fourth-order valence-corrected chi connectivity index (χ4v) is 4.13. The first-order chi connectivity index (χ1) is 18.1. The van der Waals surface area contributed by atoms with Crippen LogP contribution in [0.3, 0.4) is 0 Å². The highest BCUT2D eigenvalue weighted by Gasteiger charge is 2.11. The van der Waals surface area contributed by atoms with Crippen LogP contribution in [0.15, 0.2) is 60.9 Å². The fraction of sp³-hybridized carbons (Fsp3) is 0.357. The number of rotatable bonds is 13. The van der Waals surface area contributed by atoms with Crippen LogP contribution in [0.2, 0.25) is 0 Å². The summed E-state index contributed by atoms with van der Waals surface area (Å²) < 4.78 is 11.5. The molecule has 0 unspecified atom stereocenters. The molecular weight excluding hydrogens is 468 g/mol. The minimum Gasteiger partial charge on any atom is -0.492 e. The highest BCUT2D eigenvalue weighted by atomic mass is 16.5. The van der Waals surface area contributed by atoms with Crippen LogP contribution >= 0.6 is 0 Å². The van der Waals surface area contributed by atoms with Crippen molar-refractivity contribution in [2.75, 3.05) is 44.8 Å². The Bertz CT molecular complexity index is 1180. The van der Waals surface area contributed by atoms with Crippen molar-refractivity contribution in [3.05, 3.63) is 72.1 Å². The van der Waals surface area contributed by atoms with Gasteiger partial charge in [-0.25, -0.2) is 9.97 Å². The topological polar surface area (TPSA) is 126 Å². The Morgan fingerprint density at radius 2 is 1.86 bits per heavy atom. The molecule has 194 valence electrons. The number of nitrogens with zero attached hydrogens (tertiary/aromatic N) is 3. The average Bonchev–Trinajstić information content (AvgIpc) is 2.92. The van der Waals surface area contributed by atoms with Crippen molar-refractivity contribution in [1.29, 1.82) is 5.41 Å². The number of benzene rings is 2. The number of carbonyl (C=O) groups excluding carboxylic acids is 1. The maximum Gasteiger partial charge on any atom is 0.222 e. The molecule has 0 aliphatic carbocycles. The number of anilines is 1. The van der Waals surface area contributed by atoms with E-state index in [1.165, 1.54) is 0 Å². The van der Waals surface area contributed by atoms with Crippen molar-refractivity contribution >= 4 is 17.6 Å². The third-order valence-corrected chi connectivity index (χ3v) is 6.17. The molecular formula is C28H34N6O3. The predicted molar refractivity (Wildman–Crippen MR) is 144 cm³/mol. The molecule has 2 heterocycles. The number of aryl methyl sites for hydroxylation is 1. The minimum absolute atomic E-state index is 0.00698. The van der Waals surface area contributed by atoms with Gasteiger partial charge in [0.2, 0.25) is 5.95 Å². The van der Waals surface area contributed by atoms with Crippen LogP contribution in [0, 0.1) is 5.41 Å². The summed E-state index contributed by atoms with van der Waals surface area (Å²) in [4.78, 5) is 23.2. The van der Waals surface area contributed by atoms with Gasteiger partial charge in [-0.3, -0.25) is 15.1 Å². The van der Waals surface area contributed by atoms with Gasteiger partial charge in [0, 0.05) is 56.1 Å². The zero-order valence-electron chi connectivity index (χ0n) is 21.0. The van der Waals surface area contributed by atoms with Gasteiger partial charge in [-0.2, -0.15) is 0 Å². The molecule has 9 heteroatoms. The van der Waals surface area contributed by atoms with E-state index in [4.69, 9.17) is 20.6 Å². The van der Waals surface area contributed by atoms with Crippen molar-refractivity contribution in [2.45, 2.75) is 25.8 Å². The monoisotopic (exact) mass is 502 g/mol. The highest BCUT2D eigenvalue weighted by molar-refractivity contribution is 5.98. The molecule has 9 nitrogen and oxygen atoms in total. The maximum atomic E-state index is 11.9. The first kappa shape index (κ1) is 26.2. The predicted octanol–water partition coefficient (Wildman–Crippen LogP) is 3.29. The molecule has 1 aliphatic rings. The quantitative estimate of drug-likeness (QED) is 0.240. The number of aromatic nitrogens is 2. The van der Waals surface area contributed by atoms with Crippen LogP contribution in [-0.2, 0) is 22.5 Å². The molecule has 1 fully saturated rings. The third-order valence-electron chi connectivity index (χ3n) is 6.17. The van der Waals surface area contributed by atoms with E-state index >= 15 is 0 Å². The number of hydrogen-bond donors (Lipinski definition) is 3. The third kappa shape index (κ3) is 8.37. The lowest BCUT2D eigenvalue weighted by Gasteiger charge is -2.26. The van der Waals surface area contributed by atoms with Crippen molar-refractivity contribution in [2.24, 2.45) is 5.73 Å². The minimum atomic E-state index is -0.0932. The molecule has 37 heavy (non-hydrogen) atoms. The lowest BCUT2D eigenvalue weighted by molar-refractivity contribution is -0.117. The lowest BCUT2D eigenvalue weighted by Crippen LogP contribution is -2.38. The number of nitrogens with two attached hydrogens (primary N) is 1. The smallest absolute Gasteiger partial charge is 0.222 e. The molecule has 4 N–H and O–H groups in total. The van der Waals surface area contributed by atoms with E-state index < -0.39 is 0 Å². The van der Waals surface area contributed by atoms with E-state index in [0.717, 1.165) is 60.9 Å². The van der Waals surface area contributed by atoms with Crippen LogP contribution in [0.4, 0.5) is 5.95 Å². The summed E-state index contributed by atoms with van der Waals surface area (Å²) in [5.41, 5.74) is 9.29. The number of hydrogen-bond acceptors (Lipinski definition) is 8. The molecule has 3 aromatic rings. The van der Waals surface area contributed by atoms with Gasteiger partial charge in [0.1, 0.15) is 18.1 Å². The van der Waals surface area contributed by atoms with E-state index in [-0.39, 0.29) is 18.0 Å². The van der Waals surface area contributed by atoms with E-state index in [2.05, 4.69) is 20.2 Å². The standard InChI is InChI=1S/C28H34N6O3/c29-27(30)17-25(35)9-8-21-4-3-6-22(16-21)24-19-32-28(33-20-24)31-18-23-5-1-2-7-26(23)37-15-12-34-10-13-36-14-11-34/h1-7,16,19-20H,8-15,17-18H2,(H3,29,30)(H,31,32,33). The van der Waals surface area contributed by atoms with Crippen LogP contribution in [0.5, 0.6) is 5.75 Å². The van der Waals surface area contributed by atoms with Gasteiger partial charge in [0.25, 0.3) is 0 Å². The van der Waals surface area contributed by atoms with E-state index in [9.17, 15) is 4.79 Å². The SMILES string of the molecule is N=C(N)CC(=O)CCc1cccc(-c2cnc(NCc3ccccc3OCCN3CCOCC3)nc2)c1. The first-order valence-corrected chi connectivity index (χ1v) is 12.6. The van der Waals surface area contributed by atoms with Crippen molar-refractivity contribution in [1.82, 2.24) is 14.9 Å². The Morgan fingerprint density at radius 3 is 2.65 bits per heavy atom. The largest absolute Gasteiger partial charge is 0.492 e. The second-order valence-electron chi connectivity index (χ2n) is 9.00. The van der Waals surface area contributed by atoms with Crippen molar-refractivity contribution in [3.63, 3.8) is 0 Å². The summed E-state index contributed by atoms with van der Waals surface area (Å²) in [6.07, 6.45) is 4.56. The number of nitrogens with one attached hydrogen (secondary N) is 2. The molecule has 0 amide bonds. The Kier molecular flexibility index (Phi) is 9.56. The van der Waals surface area contributed by atoms with Gasteiger partial charge in [-0.1, -0.05) is 42.5 Å². The van der Waals surface area contributed by atoms with Crippen molar-refractivity contribution in [3.8, 4) is 16.9 Å². The van der Waals surface area contributed by atoms with Gasteiger partial charge >= 0.3 is 0 Å². The van der Waals surface area contributed by atoms with E-state index in [0.29, 0.717) is 31.9 Å². The first-order valence-electron chi connectivity index (χ1n) is 12.6. The Balaban J connectivity index is 1.29. The Hall–Kier alpha value is -3.82. The Labute approximate surface area is 217 Å². The zero-order valence-corrected chi connectivity index (χ0v) is 21.0. The highest BCUT2D eigenvalue weighted by Crippen LogP contribution is 2.22. The van der Waals surface area contributed by atoms with Gasteiger partial charge < -0.3 is 20.5 Å². The lowest BCUT2D eigenvalue weighted by atomic mass is 10.0. The average molecular weight is 503 g/mol. The molecule has 0 spiro atoms. The van der Waals surface area contributed by atoms with Gasteiger partial charge in [-0.15, -0.1) is 0 Å². The number of amidine groups is 1. The second kappa shape index (κ2) is 13.5. The van der Waals surface area contributed by atoms with Crippen LogP contribution < -0.4 is 15.8 Å². The fourth-order valence-electron chi connectivity index (χ4n) is 4.13. The van der Waals surface area contributed by atoms with Crippen molar-refractivity contribution < 1.29 is 14.3 Å². The summed E-state index contributed by atoms with van der Waals surface area (Å²) in [6.45, 7) is 5.53. The van der Waals surface area contributed by atoms with E-state index in [1.807, 2.05) is 48.5 Å². The molecule has 0 radical (unpaired) electrons.